The van der Waals surface area contributed by atoms with Gasteiger partial charge in [-0.15, -0.1) is 0 Å². The van der Waals surface area contributed by atoms with Crippen LogP contribution in [0.1, 0.15) is 50.1 Å². The van der Waals surface area contributed by atoms with Crippen LogP contribution in [-0.4, -0.2) is 0 Å². The highest BCUT2D eigenvalue weighted by Crippen LogP contribution is 2.31. The van der Waals surface area contributed by atoms with Gasteiger partial charge in [0.2, 0.25) is 0 Å². The molecule has 0 aromatic carbocycles. The third-order valence-corrected chi connectivity index (χ3v) is 3.44. The van der Waals surface area contributed by atoms with Crippen molar-refractivity contribution in [3.05, 3.63) is 24.2 Å². The monoisotopic (exact) mass is 208 g/mol. The largest absolute Gasteiger partial charge is 0.472 e. The van der Waals surface area contributed by atoms with Gasteiger partial charge in [0, 0.05) is 11.6 Å². The molecule has 1 aliphatic carbocycles. The lowest BCUT2D eigenvalue weighted by molar-refractivity contribution is 0.300. The molecule has 1 saturated carbocycles. The number of rotatable bonds is 4. The zero-order chi connectivity index (χ0) is 10.5. The molecule has 1 aliphatic rings. The summed E-state index contributed by atoms with van der Waals surface area (Å²) in [6.07, 6.45) is 11.5. The van der Waals surface area contributed by atoms with Gasteiger partial charge in [0.1, 0.15) is 0 Å². The quantitative estimate of drug-likeness (QED) is 0.591. The maximum atomic E-state index is 5.59. The fourth-order valence-electron chi connectivity index (χ4n) is 2.53. The fourth-order valence-corrected chi connectivity index (χ4v) is 2.53. The van der Waals surface area contributed by atoms with Crippen LogP contribution in [0.5, 0.6) is 0 Å². The molecule has 1 heterocycles. The molecule has 1 atom stereocenters. The van der Waals surface area contributed by atoms with Crippen molar-refractivity contribution in [3.8, 4) is 0 Å². The van der Waals surface area contributed by atoms with Crippen molar-refractivity contribution >= 4 is 0 Å². The molecule has 0 bridgehead atoms. The molecule has 1 fully saturated rings. The molecule has 3 heteroatoms. The normalized spacial score (nSPS) is 20.3. The summed E-state index contributed by atoms with van der Waals surface area (Å²) in [5, 5.41) is 0. The van der Waals surface area contributed by atoms with Gasteiger partial charge in [-0.1, -0.05) is 32.1 Å². The second-order valence-electron chi connectivity index (χ2n) is 4.52. The molecule has 1 aromatic heterocycles. The highest BCUT2D eigenvalue weighted by atomic mass is 16.3. The molecule has 0 amide bonds. The molecule has 0 aliphatic heterocycles. The van der Waals surface area contributed by atoms with Crippen molar-refractivity contribution in [3.63, 3.8) is 0 Å². The Labute approximate surface area is 91.0 Å². The minimum atomic E-state index is 0.256. The second kappa shape index (κ2) is 5.33. The molecule has 3 nitrogen and oxygen atoms in total. The fraction of sp³-hybridized carbons (Fsp3) is 0.667. The van der Waals surface area contributed by atoms with E-state index in [9.17, 15) is 0 Å². The first-order valence-corrected chi connectivity index (χ1v) is 5.88. The zero-order valence-electron chi connectivity index (χ0n) is 9.11. The number of furan rings is 1. The first-order chi connectivity index (χ1) is 7.40. The standard InChI is InChI=1S/C12H20N2O/c13-14-12(11-6-7-15-9-11)8-10-4-2-1-3-5-10/h6-7,9-10,12,14H,1-5,8,13H2. The molecule has 2 rings (SSSR count). The number of nitrogens with two attached hydrogens (primary N) is 1. The topological polar surface area (TPSA) is 51.2 Å². The van der Waals surface area contributed by atoms with Gasteiger partial charge < -0.3 is 4.42 Å². The summed E-state index contributed by atoms with van der Waals surface area (Å²) >= 11 is 0. The summed E-state index contributed by atoms with van der Waals surface area (Å²) in [6.45, 7) is 0. The summed E-state index contributed by atoms with van der Waals surface area (Å²) in [5.74, 6) is 6.42. The molecule has 0 radical (unpaired) electrons. The second-order valence-corrected chi connectivity index (χ2v) is 4.52. The van der Waals surface area contributed by atoms with E-state index < -0.39 is 0 Å². The van der Waals surface area contributed by atoms with Crippen molar-refractivity contribution in [2.45, 2.75) is 44.6 Å². The SMILES string of the molecule is NNC(CC1CCCCC1)c1ccoc1. The lowest BCUT2D eigenvalue weighted by Crippen LogP contribution is -2.29. The minimum absolute atomic E-state index is 0.256. The smallest absolute Gasteiger partial charge is 0.0950 e. The lowest BCUT2D eigenvalue weighted by Gasteiger charge is -2.25. The van der Waals surface area contributed by atoms with Gasteiger partial charge in [0.25, 0.3) is 0 Å². The summed E-state index contributed by atoms with van der Waals surface area (Å²) in [4.78, 5) is 0. The van der Waals surface area contributed by atoms with E-state index in [1.807, 2.05) is 6.07 Å². The van der Waals surface area contributed by atoms with Crippen LogP contribution >= 0.6 is 0 Å². The van der Waals surface area contributed by atoms with Crippen LogP contribution in [0.25, 0.3) is 0 Å². The van der Waals surface area contributed by atoms with Gasteiger partial charge in [0.05, 0.1) is 12.5 Å². The summed E-state index contributed by atoms with van der Waals surface area (Å²) in [6, 6.07) is 2.25. The molecule has 3 N–H and O–H groups in total. The molecule has 15 heavy (non-hydrogen) atoms. The van der Waals surface area contributed by atoms with Crippen LogP contribution in [0.15, 0.2) is 23.0 Å². The number of hydrogen-bond donors (Lipinski definition) is 2. The number of hydrogen-bond acceptors (Lipinski definition) is 3. The van der Waals surface area contributed by atoms with Gasteiger partial charge in [-0.3, -0.25) is 11.3 Å². The predicted octanol–water partition coefficient (Wildman–Crippen LogP) is 2.75. The van der Waals surface area contributed by atoms with Crippen LogP contribution in [0.2, 0.25) is 0 Å². The maximum Gasteiger partial charge on any atom is 0.0950 e. The van der Waals surface area contributed by atoms with Crippen molar-refractivity contribution in [1.82, 2.24) is 5.43 Å². The van der Waals surface area contributed by atoms with Crippen LogP contribution in [0.4, 0.5) is 0 Å². The summed E-state index contributed by atoms with van der Waals surface area (Å²) in [7, 11) is 0. The van der Waals surface area contributed by atoms with Gasteiger partial charge in [-0.2, -0.15) is 0 Å². The lowest BCUT2D eigenvalue weighted by atomic mass is 9.84. The maximum absolute atomic E-state index is 5.59. The first-order valence-electron chi connectivity index (χ1n) is 5.88. The molecule has 1 unspecified atom stereocenters. The van der Waals surface area contributed by atoms with Crippen molar-refractivity contribution in [2.24, 2.45) is 11.8 Å². The molecule has 84 valence electrons. The third kappa shape index (κ3) is 2.83. The Morgan fingerprint density at radius 2 is 2.20 bits per heavy atom. The minimum Gasteiger partial charge on any atom is -0.472 e. The average molecular weight is 208 g/mol. The molecular formula is C12H20N2O. The first kappa shape index (κ1) is 10.7. The van der Waals surface area contributed by atoms with Crippen LogP contribution in [0, 0.1) is 5.92 Å². The van der Waals surface area contributed by atoms with Crippen LogP contribution in [-0.2, 0) is 0 Å². The molecular weight excluding hydrogens is 188 g/mol. The molecule has 0 spiro atoms. The Balaban J connectivity index is 1.90. The Hall–Kier alpha value is -0.800. The average Bonchev–Trinajstić information content (AvgIpc) is 2.81. The van der Waals surface area contributed by atoms with Gasteiger partial charge in [0.15, 0.2) is 0 Å². The third-order valence-electron chi connectivity index (χ3n) is 3.44. The number of nitrogens with one attached hydrogen (secondary N) is 1. The van der Waals surface area contributed by atoms with Gasteiger partial charge in [-0.05, 0) is 18.4 Å². The Bertz CT molecular complexity index is 265. The predicted molar refractivity (Wildman–Crippen MR) is 60.0 cm³/mol. The van der Waals surface area contributed by atoms with Gasteiger partial charge >= 0.3 is 0 Å². The van der Waals surface area contributed by atoms with Crippen molar-refractivity contribution < 1.29 is 4.42 Å². The van der Waals surface area contributed by atoms with E-state index in [2.05, 4.69) is 5.43 Å². The highest BCUT2D eigenvalue weighted by molar-refractivity contribution is 5.11. The van der Waals surface area contributed by atoms with E-state index in [4.69, 9.17) is 10.3 Å². The van der Waals surface area contributed by atoms with E-state index >= 15 is 0 Å². The van der Waals surface area contributed by atoms with Crippen molar-refractivity contribution in [1.29, 1.82) is 0 Å². The number of hydrazine groups is 1. The Morgan fingerprint density at radius 3 is 2.80 bits per heavy atom. The Morgan fingerprint density at radius 1 is 1.40 bits per heavy atom. The van der Waals surface area contributed by atoms with E-state index in [0.717, 1.165) is 12.3 Å². The van der Waals surface area contributed by atoms with Crippen LogP contribution in [0.3, 0.4) is 0 Å². The molecule has 0 saturated heterocycles. The zero-order valence-corrected chi connectivity index (χ0v) is 9.11. The Kier molecular flexibility index (Phi) is 3.80. The highest BCUT2D eigenvalue weighted by Gasteiger charge is 2.19. The molecule has 1 aromatic rings. The summed E-state index contributed by atoms with van der Waals surface area (Å²) in [5.41, 5.74) is 4.06. The summed E-state index contributed by atoms with van der Waals surface area (Å²) < 4.78 is 5.09. The van der Waals surface area contributed by atoms with E-state index in [0.29, 0.717) is 0 Å². The van der Waals surface area contributed by atoms with E-state index in [1.54, 1.807) is 12.5 Å². The van der Waals surface area contributed by atoms with Crippen LogP contribution < -0.4 is 11.3 Å². The van der Waals surface area contributed by atoms with Gasteiger partial charge in [-0.25, -0.2) is 0 Å². The van der Waals surface area contributed by atoms with Crippen molar-refractivity contribution in [2.75, 3.05) is 0 Å². The van der Waals surface area contributed by atoms with E-state index in [1.165, 1.54) is 37.7 Å². The van der Waals surface area contributed by atoms with E-state index in [-0.39, 0.29) is 6.04 Å².